The summed E-state index contributed by atoms with van der Waals surface area (Å²) in [4.78, 5) is 0. The fourth-order valence-corrected chi connectivity index (χ4v) is 2.68. The molecule has 0 saturated carbocycles. The zero-order chi connectivity index (χ0) is 17.1. The monoisotopic (exact) mass is 312 g/mol. The van der Waals surface area contributed by atoms with Crippen molar-refractivity contribution in [1.82, 2.24) is 0 Å². The molecular formula is C22H29F. The van der Waals surface area contributed by atoms with Crippen molar-refractivity contribution in [3.63, 3.8) is 0 Å². The smallest absolute Gasteiger partial charge is 0.105 e. The predicted octanol–water partition coefficient (Wildman–Crippen LogP) is 7.31. The molecule has 0 atom stereocenters. The van der Waals surface area contributed by atoms with Crippen molar-refractivity contribution in [3.8, 4) is 0 Å². The van der Waals surface area contributed by atoms with Crippen LogP contribution in [0.3, 0.4) is 0 Å². The Morgan fingerprint density at radius 3 is 2.52 bits per heavy atom. The van der Waals surface area contributed by atoms with E-state index < -0.39 is 0 Å². The van der Waals surface area contributed by atoms with Gasteiger partial charge in [-0.25, -0.2) is 4.39 Å². The molecule has 0 bridgehead atoms. The summed E-state index contributed by atoms with van der Waals surface area (Å²) in [5, 5.41) is 0. The van der Waals surface area contributed by atoms with Crippen molar-refractivity contribution >= 4 is 0 Å². The Hall–Kier alpha value is -1.89. The lowest BCUT2D eigenvalue weighted by Gasteiger charge is -2.06. The lowest BCUT2D eigenvalue weighted by atomic mass is 10.0. The molecule has 0 heterocycles. The van der Waals surface area contributed by atoms with Gasteiger partial charge in [0.2, 0.25) is 0 Å². The second-order valence-corrected chi connectivity index (χ2v) is 5.67. The van der Waals surface area contributed by atoms with Crippen LogP contribution in [-0.2, 0) is 0 Å². The minimum absolute atomic E-state index is 0.110. The summed E-state index contributed by atoms with van der Waals surface area (Å²) < 4.78 is 14.4. The van der Waals surface area contributed by atoms with E-state index in [1.165, 1.54) is 5.57 Å². The maximum absolute atomic E-state index is 14.4. The second kappa shape index (κ2) is 10.8. The third kappa shape index (κ3) is 6.81. The molecule has 124 valence electrons. The number of hydrogen-bond acceptors (Lipinski definition) is 0. The zero-order valence-electron chi connectivity index (χ0n) is 14.7. The van der Waals surface area contributed by atoms with Gasteiger partial charge in [-0.05, 0) is 49.0 Å². The average molecular weight is 312 g/mol. The zero-order valence-corrected chi connectivity index (χ0v) is 14.7. The van der Waals surface area contributed by atoms with E-state index in [1.807, 2.05) is 19.1 Å². The summed E-state index contributed by atoms with van der Waals surface area (Å²) in [6.45, 7) is 9.97. The molecule has 1 heteroatoms. The molecule has 0 fully saturated rings. The first kappa shape index (κ1) is 19.2. The molecule has 0 aromatic heterocycles. The molecule has 0 unspecified atom stereocenters. The van der Waals surface area contributed by atoms with E-state index in [-0.39, 0.29) is 5.83 Å². The summed E-state index contributed by atoms with van der Waals surface area (Å²) in [7, 11) is 0. The summed E-state index contributed by atoms with van der Waals surface area (Å²) in [6.07, 6.45) is 20.1. The molecule has 0 spiro atoms. The lowest BCUT2D eigenvalue weighted by Crippen LogP contribution is -1.88. The van der Waals surface area contributed by atoms with Gasteiger partial charge in [-0.1, -0.05) is 75.0 Å². The number of halogens is 1. The third-order valence-electron chi connectivity index (χ3n) is 3.89. The quantitative estimate of drug-likeness (QED) is 0.412. The minimum Gasteiger partial charge on any atom is -0.211 e. The van der Waals surface area contributed by atoms with E-state index in [4.69, 9.17) is 0 Å². The van der Waals surface area contributed by atoms with Gasteiger partial charge in [-0.2, -0.15) is 0 Å². The summed E-state index contributed by atoms with van der Waals surface area (Å²) in [5.41, 5.74) is 4.43. The van der Waals surface area contributed by atoms with Crippen molar-refractivity contribution in [2.24, 2.45) is 0 Å². The molecule has 0 aromatic rings. The molecule has 1 aliphatic rings. The largest absolute Gasteiger partial charge is 0.211 e. The number of hydrogen-bond donors (Lipinski definition) is 0. The van der Waals surface area contributed by atoms with Crippen molar-refractivity contribution in [2.75, 3.05) is 0 Å². The summed E-state index contributed by atoms with van der Waals surface area (Å²) in [6, 6.07) is 0. The first-order chi connectivity index (χ1) is 11.1. The maximum atomic E-state index is 14.4. The highest BCUT2D eigenvalue weighted by molar-refractivity contribution is 5.43. The first-order valence-electron chi connectivity index (χ1n) is 8.55. The van der Waals surface area contributed by atoms with Gasteiger partial charge in [0.05, 0.1) is 0 Å². The van der Waals surface area contributed by atoms with Crippen molar-refractivity contribution < 1.29 is 4.39 Å². The van der Waals surface area contributed by atoms with E-state index in [2.05, 4.69) is 44.7 Å². The Kier molecular flexibility index (Phi) is 8.97. The minimum atomic E-state index is -0.110. The molecule has 23 heavy (non-hydrogen) atoms. The van der Waals surface area contributed by atoms with Crippen LogP contribution in [-0.4, -0.2) is 0 Å². The van der Waals surface area contributed by atoms with Crippen LogP contribution in [0.4, 0.5) is 4.39 Å². The van der Waals surface area contributed by atoms with Crippen molar-refractivity contribution in [3.05, 3.63) is 83.3 Å². The molecule has 0 radical (unpaired) electrons. The normalized spacial score (nSPS) is 16.8. The first-order valence-corrected chi connectivity index (χ1v) is 8.55. The SMILES string of the molecule is C=C/C=C(\C=C(\F)CC1=CCC=C(CCC)C=C1)C(=C/C)/CC. The van der Waals surface area contributed by atoms with E-state index >= 15 is 0 Å². The molecular weight excluding hydrogens is 283 g/mol. The van der Waals surface area contributed by atoms with E-state index in [0.29, 0.717) is 6.42 Å². The second-order valence-electron chi connectivity index (χ2n) is 5.67. The molecule has 1 rings (SSSR count). The van der Waals surface area contributed by atoms with Gasteiger partial charge < -0.3 is 0 Å². The average Bonchev–Trinajstić information content (AvgIpc) is 2.74. The fourth-order valence-electron chi connectivity index (χ4n) is 2.68. The molecule has 0 aliphatic heterocycles. The molecule has 0 N–H and O–H groups in total. The van der Waals surface area contributed by atoms with Gasteiger partial charge in [0.15, 0.2) is 0 Å². The van der Waals surface area contributed by atoms with Crippen LogP contribution in [0.25, 0.3) is 0 Å². The van der Waals surface area contributed by atoms with Gasteiger partial charge in [0.25, 0.3) is 0 Å². The molecule has 0 nitrogen and oxygen atoms in total. The van der Waals surface area contributed by atoms with E-state index in [0.717, 1.165) is 42.4 Å². The molecule has 0 amide bonds. The van der Waals surface area contributed by atoms with Crippen molar-refractivity contribution in [1.29, 1.82) is 0 Å². The molecule has 0 saturated heterocycles. The van der Waals surface area contributed by atoms with Crippen LogP contribution < -0.4 is 0 Å². The Labute approximate surface area is 141 Å². The lowest BCUT2D eigenvalue weighted by molar-refractivity contribution is 0.612. The summed E-state index contributed by atoms with van der Waals surface area (Å²) in [5.74, 6) is -0.110. The highest BCUT2D eigenvalue weighted by atomic mass is 19.1. The standard InChI is InChI=1S/C22H29F/c1-5-10-18-12-9-13-19(15-14-18)16-22(23)17-21(11-6-2)20(7-3)8-4/h6-7,11-15,17H,2,5,8-10,16H2,1,3-4H3/b20-7+,21-11+,22-17+. The third-order valence-corrected chi connectivity index (χ3v) is 3.89. The Morgan fingerprint density at radius 2 is 1.91 bits per heavy atom. The topological polar surface area (TPSA) is 0 Å². The van der Waals surface area contributed by atoms with Crippen LogP contribution in [0, 0.1) is 0 Å². The Balaban J connectivity index is 2.84. The molecule has 1 aliphatic carbocycles. The summed E-state index contributed by atoms with van der Waals surface area (Å²) >= 11 is 0. The Bertz CT molecular complexity index is 577. The predicted molar refractivity (Wildman–Crippen MR) is 101 cm³/mol. The van der Waals surface area contributed by atoms with Crippen LogP contribution in [0.1, 0.15) is 52.9 Å². The molecule has 0 aromatic carbocycles. The van der Waals surface area contributed by atoms with Gasteiger partial charge in [-0.15, -0.1) is 0 Å². The van der Waals surface area contributed by atoms with Gasteiger partial charge >= 0.3 is 0 Å². The van der Waals surface area contributed by atoms with Crippen molar-refractivity contribution in [2.45, 2.75) is 52.9 Å². The van der Waals surface area contributed by atoms with Gasteiger partial charge in [0, 0.05) is 6.42 Å². The van der Waals surface area contributed by atoms with Gasteiger partial charge in [0.1, 0.15) is 5.83 Å². The Morgan fingerprint density at radius 1 is 1.22 bits per heavy atom. The van der Waals surface area contributed by atoms with Crippen LogP contribution >= 0.6 is 0 Å². The highest BCUT2D eigenvalue weighted by Crippen LogP contribution is 2.23. The number of rotatable bonds is 8. The van der Waals surface area contributed by atoms with E-state index in [9.17, 15) is 4.39 Å². The van der Waals surface area contributed by atoms with Gasteiger partial charge in [-0.3, -0.25) is 0 Å². The van der Waals surface area contributed by atoms with Crippen LogP contribution in [0.5, 0.6) is 0 Å². The fraction of sp³-hybridized carbons (Fsp3) is 0.364. The number of allylic oxidation sites excluding steroid dienone is 13. The maximum Gasteiger partial charge on any atom is 0.105 e. The highest BCUT2D eigenvalue weighted by Gasteiger charge is 2.05. The van der Waals surface area contributed by atoms with Crippen LogP contribution in [0.15, 0.2) is 83.3 Å². The van der Waals surface area contributed by atoms with Crippen LogP contribution in [0.2, 0.25) is 0 Å². The van der Waals surface area contributed by atoms with E-state index in [1.54, 1.807) is 12.2 Å².